The highest BCUT2D eigenvalue weighted by Gasteiger charge is 2.52. The summed E-state index contributed by atoms with van der Waals surface area (Å²) in [7, 11) is -1.67. The van der Waals surface area contributed by atoms with Gasteiger partial charge in [0.1, 0.15) is 0 Å². The molecule has 1 aliphatic heterocycles. The van der Waals surface area contributed by atoms with Gasteiger partial charge in [-0.2, -0.15) is 0 Å². The topological polar surface area (TPSA) is 53.7 Å². The molecule has 1 aromatic carbocycles. The Balaban J connectivity index is 2.30. The van der Waals surface area contributed by atoms with Crippen LogP contribution in [0.1, 0.15) is 54.0 Å². The van der Waals surface area contributed by atoms with Crippen molar-refractivity contribution in [3.05, 3.63) is 23.8 Å². The second-order valence-corrected chi connectivity index (χ2v) is 13.0. The van der Waals surface area contributed by atoms with Gasteiger partial charge in [-0.25, -0.2) is 0 Å². The van der Waals surface area contributed by atoms with E-state index in [1.807, 2.05) is 18.2 Å². The van der Waals surface area contributed by atoms with Crippen molar-refractivity contribution in [2.75, 3.05) is 18.2 Å². The van der Waals surface area contributed by atoms with Gasteiger partial charge in [0.25, 0.3) is 0 Å². The van der Waals surface area contributed by atoms with Gasteiger partial charge in [-0.15, -0.1) is 10.3 Å². The molecule has 0 atom stereocenters. The monoisotopic (exact) mass is 367 g/mol. The third-order valence-electron chi connectivity index (χ3n) is 5.73. The fourth-order valence-electron chi connectivity index (χ4n) is 2.36. The van der Waals surface area contributed by atoms with Crippen LogP contribution in [0.25, 0.3) is 0 Å². The van der Waals surface area contributed by atoms with Crippen LogP contribution in [0, 0.1) is 0 Å². The van der Waals surface area contributed by atoms with Crippen LogP contribution in [0.15, 0.2) is 18.2 Å². The van der Waals surface area contributed by atoms with E-state index >= 15 is 0 Å². The van der Waals surface area contributed by atoms with E-state index in [0.717, 1.165) is 16.7 Å². The zero-order valence-corrected chi connectivity index (χ0v) is 18.0. The van der Waals surface area contributed by atoms with Gasteiger partial charge < -0.3 is 19.2 Å². The summed E-state index contributed by atoms with van der Waals surface area (Å²) in [5.74, 6) is 0. The molecule has 142 valence electrons. The predicted molar refractivity (Wildman–Crippen MR) is 111 cm³/mol. The first kappa shape index (κ1) is 20.6. The molecule has 0 radical (unpaired) electrons. The van der Waals surface area contributed by atoms with Crippen molar-refractivity contribution in [3.8, 4) is 0 Å². The lowest BCUT2D eigenvalue weighted by molar-refractivity contribution is 0.00578. The number of hydrogen-bond acceptors (Lipinski definition) is 4. The zero-order chi connectivity index (χ0) is 19.3. The van der Waals surface area contributed by atoms with Gasteiger partial charge in [-0.3, -0.25) is 0 Å². The molecule has 2 N–H and O–H groups in total. The van der Waals surface area contributed by atoms with Crippen LogP contribution in [0.5, 0.6) is 0 Å². The van der Waals surface area contributed by atoms with Crippen LogP contribution in [-0.2, 0) is 20.1 Å². The average molecular weight is 367 g/mol. The first-order chi connectivity index (χ1) is 11.2. The van der Waals surface area contributed by atoms with Crippen molar-refractivity contribution in [1.29, 1.82) is 0 Å². The van der Waals surface area contributed by atoms with Crippen LogP contribution < -0.4 is 11.2 Å². The number of rotatable bonds is 4. The number of nitrogen functional groups attached to an aromatic ring is 1. The van der Waals surface area contributed by atoms with E-state index in [9.17, 15) is 0 Å². The largest absolute Gasteiger partial charge is 0.495 e. The number of hydrogen-bond donors (Lipinski definition) is 1. The number of anilines is 1. The van der Waals surface area contributed by atoms with Gasteiger partial charge in [0.15, 0.2) is 0 Å². The molecular formula is C19H34BNO3S. The van der Waals surface area contributed by atoms with Crippen LogP contribution in [-0.4, -0.2) is 35.6 Å². The molecule has 1 heterocycles. The Labute approximate surface area is 155 Å². The van der Waals surface area contributed by atoms with Gasteiger partial charge in [0.2, 0.25) is 0 Å². The minimum Gasteiger partial charge on any atom is -0.399 e. The molecule has 0 saturated carbocycles. The quantitative estimate of drug-likeness (QED) is 0.649. The lowest BCUT2D eigenvalue weighted by Crippen LogP contribution is -2.41. The second kappa shape index (κ2) is 6.48. The Bertz CT molecular complexity index is 622. The molecule has 2 rings (SSSR count). The first-order valence-electron chi connectivity index (χ1n) is 8.78. The van der Waals surface area contributed by atoms with E-state index in [-0.39, 0.29) is 15.9 Å². The highest BCUT2D eigenvalue weighted by atomic mass is 32.3. The van der Waals surface area contributed by atoms with E-state index < -0.39 is 17.4 Å². The van der Waals surface area contributed by atoms with Crippen LogP contribution in [0.2, 0.25) is 0 Å². The first-order valence-corrected chi connectivity index (χ1v) is 11.2. The summed E-state index contributed by atoms with van der Waals surface area (Å²) in [4.78, 5) is 0. The summed E-state index contributed by atoms with van der Waals surface area (Å²) < 4.78 is 18.9. The molecule has 0 aromatic heterocycles. The van der Waals surface area contributed by atoms with Crippen molar-refractivity contribution in [3.63, 3.8) is 0 Å². The summed E-state index contributed by atoms with van der Waals surface area (Å²) in [5, 5.41) is 0. The minimum atomic E-state index is -1.24. The van der Waals surface area contributed by atoms with Crippen molar-refractivity contribution < 1.29 is 13.5 Å². The van der Waals surface area contributed by atoms with Gasteiger partial charge >= 0.3 is 7.12 Å². The fourth-order valence-corrected chi connectivity index (χ4v) is 3.13. The maximum atomic E-state index is 6.36. The van der Waals surface area contributed by atoms with Gasteiger partial charge in [0, 0.05) is 16.0 Å². The third-order valence-corrected chi connectivity index (χ3v) is 9.38. The number of nitrogens with two attached hydrogens (primary N) is 1. The molecule has 1 aromatic rings. The van der Waals surface area contributed by atoms with Crippen molar-refractivity contribution >= 4 is 28.6 Å². The highest BCUT2D eigenvalue weighted by Crippen LogP contribution is 2.54. The standard InChI is InChI=1S/C19H34BNO3S/c1-17(2,3)25(8,9)22-13-14-15(11-10-12-16(14)21)20-23-18(4,5)19(6,7)24-20/h10-12H,13,21H2,1-9H3. The Morgan fingerprint density at radius 2 is 1.60 bits per heavy atom. The Hall–Kier alpha value is -0.685. The van der Waals surface area contributed by atoms with Crippen LogP contribution in [0.3, 0.4) is 0 Å². The fraction of sp³-hybridized carbons (Fsp3) is 0.684. The SMILES string of the molecule is CC1(C)OB(c2cccc(N)c2COS(C)(C)C(C)(C)C)OC1(C)C. The van der Waals surface area contributed by atoms with Crippen LogP contribution in [0.4, 0.5) is 5.69 Å². The van der Waals surface area contributed by atoms with E-state index in [4.69, 9.17) is 19.2 Å². The Kier molecular flexibility index (Phi) is 5.35. The van der Waals surface area contributed by atoms with E-state index in [1.165, 1.54) is 0 Å². The Morgan fingerprint density at radius 1 is 1.08 bits per heavy atom. The molecule has 0 unspecified atom stereocenters. The van der Waals surface area contributed by atoms with Crippen molar-refractivity contribution in [2.45, 2.75) is 71.0 Å². The lowest BCUT2D eigenvalue weighted by atomic mass is 9.75. The molecule has 0 bridgehead atoms. The third kappa shape index (κ3) is 4.02. The Morgan fingerprint density at radius 3 is 2.08 bits per heavy atom. The molecule has 25 heavy (non-hydrogen) atoms. The predicted octanol–water partition coefficient (Wildman–Crippen LogP) is 3.86. The van der Waals surface area contributed by atoms with Crippen LogP contribution >= 0.6 is 10.3 Å². The summed E-state index contributed by atoms with van der Waals surface area (Å²) in [6, 6.07) is 5.88. The van der Waals surface area contributed by atoms with E-state index in [0.29, 0.717) is 6.61 Å². The highest BCUT2D eigenvalue weighted by molar-refractivity contribution is 8.29. The average Bonchev–Trinajstić information content (AvgIpc) is 2.64. The maximum absolute atomic E-state index is 6.36. The van der Waals surface area contributed by atoms with E-state index in [2.05, 4.69) is 61.0 Å². The van der Waals surface area contributed by atoms with Gasteiger partial charge in [-0.1, -0.05) is 32.9 Å². The normalized spacial score (nSPS) is 20.8. The molecule has 0 spiro atoms. The zero-order valence-electron chi connectivity index (χ0n) is 17.2. The summed E-state index contributed by atoms with van der Waals surface area (Å²) in [6.07, 6.45) is 4.39. The molecule has 6 heteroatoms. The molecule has 1 fully saturated rings. The second-order valence-electron chi connectivity index (χ2n) is 9.11. The molecule has 1 aliphatic rings. The van der Waals surface area contributed by atoms with Crippen molar-refractivity contribution in [2.24, 2.45) is 0 Å². The summed E-state index contributed by atoms with van der Waals surface area (Å²) >= 11 is 0. The minimum absolute atomic E-state index is 0.0983. The van der Waals surface area contributed by atoms with E-state index in [1.54, 1.807) is 0 Å². The van der Waals surface area contributed by atoms with Crippen molar-refractivity contribution in [1.82, 2.24) is 0 Å². The van der Waals surface area contributed by atoms with Gasteiger partial charge in [-0.05, 0) is 51.7 Å². The maximum Gasteiger partial charge on any atom is 0.495 e. The number of benzene rings is 1. The molecule has 1 saturated heterocycles. The molecule has 0 amide bonds. The summed E-state index contributed by atoms with van der Waals surface area (Å²) in [6.45, 7) is 15.3. The smallest absolute Gasteiger partial charge is 0.399 e. The lowest BCUT2D eigenvalue weighted by Gasteiger charge is -2.43. The summed E-state index contributed by atoms with van der Waals surface area (Å²) in [5.41, 5.74) is 8.17. The molecule has 4 nitrogen and oxygen atoms in total. The molecule has 0 aliphatic carbocycles. The molecular weight excluding hydrogens is 333 g/mol. The van der Waals surface area contributed by atoms with Gasteiger partial charge in [0.05, 0.1) is 17.8 Å².